The summed E-state index contributed by atoms with van der Waals surface area (Å²) in [5, 5.41) is 30.6. The molecule has 0 saturated carbocycles. The maximum Gasteiger partial charge on any atom is 0.229 e. The first-order valence-electron chi connectivity index (χ1n) is 9.30. The van der Waals surface area contributed by atoms with Crippen LogP contribution in [0.3, 0.4) is 0 Å². The Morgan fingerprint density at radius 1 is 1.00 bits per heavy atom. The van der Waals surface area contributed by atoms with Gasteiger partial charge in [0.15, 0.2) is 0 Å². The van der Waals surface area contributed by atoms with Crippen molar-refractivity contribution in [2.75, 3.05) is 12.4 Å². The molecule has 0 amide bonds. The van der Waals surface area contributed by atoms with Crippen molar-refractivity contribution in [2.24, 2.45) is 0 Å². The summed E-state index contributed by atoms with van der Waals surface area (Å²) in [7, 11) is 0. The van der Waals surface area contributed by atoms with Gasteiger partial charge in [-0.2, -0.15) is 0 Å². The highest BCUT2D eigenvalue weighted by Crippen LogP contribution is 2.27. The molecule has 3 rings (SSSR count). The number of rotatable bonds is 8. The average Bonchev–Trinajstić information content (AvgIpc) is 2.72. The molecule has 28 heavy (non-hydrogen) atoms. The van der Waals surface area contributed by atoms with Crippen molar-refractivity contribution in [1.29, 1.82) is 0 Å². The van der Waals surface area contributed by atoms with Gasteiger partial charge in [0, 0.05) is 4.90 Å². The first kappa shape index (κ1) is 21.1. The first-order chi connectivity index (χ1) is 13.6. The molecule has 7 heteroatoms. The number of para-hydroxylation sites is 1. The van der Waals surface area contributed by atoms with Crippen molar-refractivity contribution in [2.45, 2.75) is 49.1 Å². The third-order valence-corrected chi connectivity index (χ3v) is 5.39. The summed E-state index contributed by atoms with van der Waals surface area (Å²) in [5.74, 6) is 1.52. The van der Waals surface area contributed by atoms with Gasteiger partial charge >= 0.3 is 0 Å². The van der Waals surface area contributed by atoms with Crippen molar-refractivity contribution < 1.29 is 29.5 Å². The zero-order valence-corrected chi connectivity index (χ0v) is 16.5. The second-order valence-electron chi connectivity index (χ2n) is 6.49. The van der Waals surface area contributed by atoms with Crippen LogP contribution < -0.4 is 4.74 Å². The molecule has 1 aliphatic heterocycles. The van der Waals surface area contributed by atoms with Gasteiger partial charge < -0.3 is 29.5 Å². The van der Waals surface area contributed by atoms with Gasteiger partial charge in [0.25, 0.3) is 0 Å². The van der Waals surface area contributed by atoms with Crippen LogP contribution in [-0.2, 0) is 16.1 Å². The zero-order chi connectivity index (χ0) is 19.9. The van der Waals surface area contributed by atoms with Crippen molar-refractivity contribution in [3.05, 3.63) is 60.2 Å². The minimum Gasteiger partial charge on any atom is -0.462 e. The predicted octanol–water partition coefficient (Wildman–Crippen LogP) is 2.20. The number of aliphatic hydroxyl groups is 3. The fraction of sp³-hybridized carbons (Fsp3) is 0.429. The Bertz CT molecular complexity index is 711. The van der Waals surface area contributed by atoms with Gasteiger partial charge in [-0.1, -0.05) is 37.3 Å². The molecule has 0 spiro atoms. The second-order valence-corrected chi connectivity index (χ2v) is 7.83. The lowest BCUT2D eigenvalue weighted by Crippen LogP contribution is -2.60. The van der Waals surface area contributed by atoms with Crippen molar-refractivity contribution in [3.8, 4) is 5.75 Å². The van der Waals surface area contributed by atoms with E-state index in [0.717, 1.165) is 11.3 Å². The SMILES string of the molecule is CCSc1ccc(CO[C@@H]2[C@@H](O)[C@@H](Oc3ccccc3)O[C@H](CO)[C@H]2O)cc1. The molecule has 0 aliphatic carbocycles. The fourth-order valence-corrected chi connectivity index (χ4v) is 3.68. The summed E-state index contributed by atoms with van der Waals surface area (Å²) in [6.07, 6.45) is -5.32. The monoisotopic (exact) mass is 406 g/mol. The van der Waals surface area contributed by atoms with E-state index < -0.39 is 37.3 Å². The van der Waals surface area contributed by atoms with E-state index in [9.17, 15) is 15.3 Å². The van der Waals surface area contributed by atoms with Crippen LogP contribution in [0.4, 0.5) is 0 Å². The maximum atomic E-state index is 10.6. The van der Waals surface area contributed by atoms with Gasteiger partial charge in [0.2, 0.25) is 6.29 Å². The van der Waals surface area contributed by atoms with E-state index in [1.54, 1.807) is 36.0 Å². The highest BCUT2D eigenvalue weighted by molar-refractivity contribution is 7.99. The Morgan fingerprint density at radius 2 is 1.71 bits per heavy atom. The van der Waals surface area contributed by atoms with Crippen molar-refractivity contribution >= 4 is 11.8 Å². The molecule has 2 aromatic rings. The molecule has 0 aromatic heterocycles. The van der Waals surface area contributed by atoms with Gasteiger partial charge in [-0.25, -0.2) is 0 Å². The molecule has 2 aromatic carbocycles. The van der Waals surface area contributed by atoms with Gasteiger partial charge in [0.1, 0.15) is 30.2 Å². The number of ether oxygens (including phenoxy) is 3. The molecule has 5 atom stereocenters. The number of thioether (sulfide) groups is 1. The smallest absolute Gasteiger partial charge is 0.229 e. The molecule has 1 heterocycles. The van der Waals surface area contributed by atoms with Crippen LogP contribution in [0.2, 0.25) is 0 Å². The average molecular weight is 407 g/mol. The van der Waals surface area contributed by atoms with E-state index in [0.29, 0.717) is 5.75 Å². The number of benzene rings is 2. The molecular weight excluding hydrogens is 380 g/mol. The van der Waals surface area contributed by atoms with Crippen LogP contribution in [0.1, 0.15) is 12.5 Å². The molecule has 1 saturated heterocycles. The maximum absolute atomic E-state index is 10.6. The quantitative estimate of drug-likeness (QED) is 0.579. The molecule has 1 aliphatic rings. The summed E-state index contributed by atoms with van der Waals surface area (Å²) in [4.78, 5) is 1.18. The summed E-state index contributed by atoms with van der Waals surface area (Å²) in [6.45, 7) is 1.90. The molecule has 6 nitrogen and oxygen atoms in total. The number of hydrogen-bond donors (Lipinski definition) is 3. The predicted molar refractivity (Wildman–Crippen MR) is 106 cm³/mol. The molecule has 0 unspecified atom stereocenters. The van der Waals surface area contributed by atoms with Gasteiger partial charge in [-0.3, -0.25) is 0 Å². The van der Waals surface area contributed by atoms with E-state index >= 15 is 0 Å². The zero-order valence-electron chi connectivity index (χ0n) is 15.7. The lowest BCUT2D eigenvalue weighted by atomic mass is 9.99. The normalized spacial score (nSPS) is 27.5. The molecule has 0 radical (unpaired) electrons. The fourth-order valence-electron chi connectivity index (χ4n) is 3.02. The minimum atomic E-state index is -1.21. The van der Waals surface area contributed by atoms with E-state index in [1.807, 2.05) is 30.3 Å². The largest absolute Gasteiger partial charge is 0.462 e. The van der Waals surface area contributed by atoms with Crippen LogP contribution in [-0.4, -0.2) is 58.4 Å². The molecule has 152 valence electrons. The van der Waals surface area contributed by atoms with E-state index in [1.165, 1.54) is 4.90 Å². The lowest BCUT2D eigenvalue weighted by molar-refractivity contribution is -0.287. The van der Waals surface area contributed by atoms with Crippen molar-refractivity contribution in [3.63, 3.8) is 0 Å². The van der Waals surface area contributed by atoms with E-state index in [4.69, 9.17) is 14.2 Å². The third-order valence-electron chi connectivity index (χ3n) is 4.49. The Hall–Kier alpha value is -1.61. The molecule has 0 bridgehead atoms. The van der Waals surface area contributed by atoms with Gasteiger partial charge in [0.05, 0.1) is 13.2 Å². The molecular formula is C21H26O6S. The second kappa shape index (κ2) is 10.2. The van der Waals surface area contributed by atoms with E-state index in [-0.39, 0.29) is 6.61 Å². The third kappa shape index (κ3) is 5.26. The molecule has 1 fully saturated rings. The Kier molecular flexibility index (Phi) is 7.73. The standard InChI is InChI=1S/C21H26O6S/c1-2-28-16-10-8-14(9-11-16)13-25-20-18(23)17(12-22)27-21(19(20)24)26-15-6-4-3-5-7-15/h3-11,17-24H,2,12-13H2,1H3/t17-,18-,19-,20+,21+/m1/s1. The summed E-state index contributed by atoms with van der Waals surface area (Å²) >= 11 is 1.75. The van der Waals surface area contributed by atoms with Gasteiger partial charge in [-0.15, -0.1) is 11.8 Å². The summed E-state index contributed by atoms with van der Waals surface area (Å²) in [5.41, 5.74) is 0.924. The van der Waals surface area contributed by atoms with E-state index in [2.05, 4.69) is 6.92 Å². The molecule has 3 N–H and O–H groups in total. The lowest BCUT2D eigenvalue weighted by Gasteiger charge is -2.41. The minimum absolute atomic E-state index is 0.214. The highest BCUT2D eigenvalue weighted by atomic mass is 32.2. The van der Waals surface area contributed by atoms with Crippen molar-refractivity contribution in [1.82, 2.24) is 0 Å². The highest BCUT2D eigenvalue weighted by Gasteiger charge is 2.46. The van der Waals surface area contributed by atoms with Crippen LogP contribution in [0.5, 0.6) is 5.75 Å². The van der Waals surface area contributed by atoms with Crippen LogP contribution in [0.15, 0.2) is 59.5 Å². The van der Waals surface area contributed by atoms with Crippen LogP contribution in [0, 0.1) is 0 Å². The topological polar surface area (TPSA) is 88.4 Å². The Balaban J connectivity index is 1.66. The summed E-state index contributed by atoms with van der Waals surface area (Å²) in [6, 6.07) is 16.9. The number of aliphatic hydroxyl groups excluding tert-OH is 3. The summed E-state index contributed by atoms with van der Waals surface area (Å²) < 4.78 is 17.0. The number of hydrogen-bond acceptors (Lipinski definition) is 7. The van der Waals surface area contributed by atoms with Gasteiger partial charge in [-0.05, 0) is 35.6 Å². The Morgan fingerprint density at radius 3 is 2.36 bits per heavy atom. The first-order valence-corrected chi connectivity index (χ1v) is 10.3. The van der Waals surface area contributed by atoms with Crippen LogP contribution >= 0.6 is 11.8 Å². The van der Waals surface area contributed by atoms with Crippen LogP contribution in [0.25, 0.3) is 0 Å². The Labute approximate surface area is 169 Å².